The van der Waals surface area contributed by atoms with Gasteiger partial charge in [0.2, 0.25) is 0 Å². The number of aryl methyl sites for hydroxylation is 2. The molecule has 0 fully saturated rings. The van der Waals surface area contributed by atoms with Crippen molar-refractivity contribution in [2.24, 2.45) is 12.8 Å². The zero-order valence-electron chi connectivity index (χ0n) is 16.0. The van der Waals surface area contributed by atoms with Gasteiger partial charge >= 0.3 is 0 Å². The maximum absolute atomic E-state index is 13.2. The largest absolute Gasteiger partial charge is 0.366 e. The van der Waals surface area contributed by atoms with Crippen LogP contribution in [0.25, 0.3) is 22.3 Å². The topological polar surface area (TPSA) is 103 Å². The number of carbonyl (C=O) groups is 2. The van der Waals surface area contributed by atoms with E-state index in [0.29, 0.717) is 33.7 Å². The SMILES string of the molecule is Cc1nn(C)c2nc(-c3ccccc3)cc(C(=O)Nc3ccccc3C(N)=O)c12. The lowest BCUT2D eigenvalue weighted by molar-refractivity contribution is 0.100. The van der Waals surface area contributed by atoms with Crippen LogP contribution in [0.3, 0.4) is 0 Å². The van der Waals surface area contributed by atoms with E-state index in [0.717, 1.165) is 5.56 Å². The van der Waals surface area contributed by atoms with Crippen LogP contribution < -0.4 is 11.1 Å². The second-order valence-corrected chi connectivity index (χ2v) is 6.69. The molecule has 0 aliphatic heterocycles. The Morgan fingerprint density at radius 3 is 2.41 bits per heavy atom. The van der Waals surface area contributed by atoms with E-state index in [9.17, 15) is 9.59 Å². The highest BCUT2D eigenvalue weighted by atomic mass is 16.2. The minimum atomic E-state index is -0.608. The van der Waals surface area contributed by atoms with Crippen LogP contribution in [0.1, 0.15) is 26.4 Å². The number of nitrogens with one attached hydrogen (secondary N) is 1. The third-order valence-electron chi connectivity index (χ3n) is 4.72. The summed E-state index contributed by atoms with van der Waals surface area (Å²) in [6.07, 6.45) is 0. The minimum absolute atomic E-state index is 0.248. The lowest BCUT2D eigenvalue weighted by Crippen LogP contribution is -2.18. The monoisotopic (exact) mass is 385 g/mol. The second kappa shape index (κ2) is 7.20. The third kappa shape index (κ3) is 3.34. The maximum Gasteiger partial charge on any atom is 0.256 e. The second-order valence-electron chi connectivity index (χ2n) is 6.69. The molecule has 0 spiro atoms. The lowest BCUT2D eigenvalue weighted by Gasteiger charge is -2.11. The van der Waals surface area contributed by atoms with Crippen molar-refractivity contribution in [3.63, 3.8) is 0 Å². The summed E-state index contributed by atoms with van der Waals surface area (Å²) in [5.41, 5.74) is 9.33. The van der Waals surface area contributed by atoms with Crippen LogP contribution >= 0.6 is 0 Å². The number of carbonyl (C=O) groups excluding carboxylic acids is 2. The summed E-state index contributed by atoms with van der Waals surface area (Å²) < 4.78 is 1.66. The van der Waals surface area contributed by atoms with Gasteiger partial charge < -0.3 is 11.1 Å². The Hall–Kier alpha value is -4.00. The Bertz CT molecular complexity index is 1250. The fourth-order valence-electron chi connectivity index (χ4n) is 3.38. The Balaban J connectivity index is 1.86. The van der Waals surface area contributed by atoms with Gasteiger partial charge in [-0.05, 0) is 25.1 Å². The molecule has 4 aromatic rings. The normalized spacial score (nSPS) is 10.8. The number of nitrogens with two attached hydrogens (primary N) is 1. The highest BCUT2D eigenvalue weighted by Crippen LogP contribution is 2.28. The van der Waals surface area contributed by atoms with Crippen molar-refractivity contribution < 1.29 is 9.59 Å². The molecule has 7 heteroatoms. The molecule has 2 aromatic heterocycles. The Morgan fingerprint density at radius 1 is 1.00 bits per heavy atom. The summed E-state index contributed by atoms with van der Waals surface area (Å²) >= 11 is 0. The van der Waals surface area contributed by atoms with Crippen LogP contribution in [-0.4, -0.2) is 26.6 Å². The standard InChI is InChI=1S/C22H19N5O2/c1-13-19-16(22(29)25-17-11-7-6-10-15(17)20(23)28)12-18(14-8-4-3-5-9-14)24-21(19)27(2)26-13/h3-12H,1-2H3,(H2,23,28)(H,25,29). The average molecular weight is 385 g/mol. The molecule has 29 heavy (non-hydrogen) atoms. The summed E-state index contributed by atoms with van der Waals surface area (Å²) in [7, 11) is 1.79. The van der Waals surface area contributed by atoms with Crippen molar-refractivity contribution in [1.82, 2.24) is 14.8 Å². The van der Waals surface area contributed by atoms with Crippen molar-refractivity contribution in [3.8, 4) is 11.3 Å². The van der Waals surface area contributed by atoms with Gasteiger partial charge in [-0.1, -0.05) is 42.5 Å². The van der Waals surface area contributed by atoms with E-state index < -0.39 is 5.91 Å². The van der Waals surface area contributed by atoms with Gasteiger partial charge in [0, 0.05) is 12.6 Å². The number of para-hydroxylation sites is 1. The van der Waals surface area contributed by atoms with Gasteiger partial charge in [0.1, 0.15) is 0 Å². The highest BCUT2D eigenvalue weighted by molar-refractivity contribution is 6.15. The van der Waals surface area contributed by atoms with Gasteiger partial charge in [-0.15, -0.1) is 0 Å². The number of aromatic nitrogens is 3. The molecule has 0 bridgehead atoms. The molecule has 0 unspecified atom stereocenters. The van der Waals surface area contributed by atoms with Gasteiger partial charge in [-0.3, -0.25) is 14.3 Å². The van der Waals surface area contributed by atoms with E-state index in [1.54, 1.807) is 42.1 Å². The Kier molecular flexibility index (Phi) is 4.56. The van der Waals surface area contributed by atoms with Crippen LogP contribution in [0.4, 0.5) is 5.69 Å². The number of benzene rings is 2. The number of rotatable bonds is 4. The first-order chi connectivity index (χ1) is 14.0. The predicted octanol–water partition coefficient (Wildman–Crippen LogP) is 3.29. The van der Waals surface area contributed by atoms with Gasteiger partial charge in [-0.25, -0.2) is 4.98 Å². The van der Waals surface area contributed by atoms with Crippen LogP contribution in [0.5, 0.6) is 0 Å². The molecular formula is C22H19N5O2. The van der Waals surface area contributed by atoms with E-state index in [-0.39, 0.29) is 11.5 Å². The Labute approximate surface area is 167 Å². The van der Waals surface area contributed by atoms with Crippen LogP contribution in [0, 0.1) is 6.92 Å². The van der Waals surface area contributed by atoms with Crippen molar-refractivity contribution in [2.75, 3.05) is 5.32 Å². The van der Waals surface area contributed by atoms with E-state index in [1.165, 1.54) is 0 Å². The first-order valence-electron chi connectivity index (χ1n) is 9.05. The van der Waals surface area contributed by atoms with Crippen LogP contribution in [0.2, 0.25) is 0 Å². The Morgan fingerprint density at radius 2 is 1.69 bits per heavy atom. The average Bonchev–Trinajstić information content (AvgIpc) is 3.02. The highest BCUT2D eigenvalue weighted by Gasteiger charge is 2.20. The summed E-state index contributed by atoms with van der Waals surface area (Å²) in [5, 5.41) is 7.90. The molecule has 4 rings (SSSR count). The van der Waals surface area contributed by atoms with E-state index in [1.807, 2.05) is 37.3 Å². The zero-order valence-corrected chi connectivity index (χ0v) is 16.0. The molecule has 3 N–H and O–H groups in total. The van der Waals surface area contributed by atoms with Gasteiger partial charge in [0.25, 0.3) is 11.8 Å². The molecular weight excluding hydrogens is 366 g/mol. The fourth-order valence-corrected chi connectivity index (χ4v) is 3.38. The van der Waals surface area contributed by atoms with Crippen molar-refractivity contribution in [2.45, 2.75) is 6.92 Å². The molecule has 7 nitrogen and oxygen atoms in total. The number of primary amides is 1. The van der Waals surface area contributed by atoms with Gasteiger partial charge in [-0.2, -0.15) is 5.10 Å². The molecule has 2 amide bonds. The molecule has 0 radical (unpaired) electrons. The molecule has 144 valence electrons. The number of hydrogen-bond acceptors (Lipinski definition) is 4. The van der Waals surface area contributed by atoms with Crippen molar-refractivity contribution in [1.29, 1.82) is 0 Å². The maximum atomic E-state index is 13.2. The number of fused-ring (bicyclic) bond motifs is 1. The lowest BCUT2D eigenvalue weighted by atomic mass is 10.0. The molecule has 0 aliphatic rings. The smallest absolute Gasteiger partial charge is 0.256 e. The van der Waals surface area contributed by atoms with Gasteiger partial charge in [0.15, 0.2) is 5.65 Å². The summed E-state index contributed by atoms with van der Waals surface area (Å²) in [4.78, 5) is 29.6. The summed E-state index contributed by atoms with van der Waals surface area (Å²) in [6.45, 7) is 1.83. The molecule has 0 atom stereocenters. The molecule has 0 saturated carbocycles. The van der Waals surface area contributed by atoms with Crippen molar-refractivity contribution >= 4 is 28.5 Å². The van der Waals surface area contributed by atoms with E-state index in [4.69, 9.17) is 10.7 Å². The number of amides is 2. The molecule has 2 heterocycles. The number of nitrogens with zero attached hydrogens (tertiary/aromatic N) is 3. The number of anilines is 1. The van der Waals surface area contributed by atoms with Crippen LogP contribution in [0.15, 0.2) is 60.7 Å². The minimum Gasteiger partial charge on any atom is -0.366 e. The quantitative estimate of drug-likeness (QED) is 0.562. The number of hydrogen-bond donors (Lipinski definition) is 2. The first kappa shape index (κ1) is 18.4. The molecule has 2 aromatic carbocycles. The van der Waals surface area contributed by atoms with Crippen LogP contribution in [-0.2, 0) is 7.05 Å². The van der Waals surface area contributed by atoms with Crippen molar-refractivity contribution in [3.05, 3.63) is 77.5 Å². The third-order valence-corrected chi connectivity index (χ3v) is 4.72. The first-order valence-corrected chi connectivity index (χ1v) is 9.05. The molecule has 0 aliphatic carbocycles. The van der Waals surface area contributed by atoms with E-state index >= 15 is 0 Å². The summed E-state index contributed by atoms with van der Waals surface area (Å²) in [6, 6.07) is 18.0. The predicted molar refractivity (Wildman–Crippen MR) is 112 cm³/mol. The van der Waals surface area contributed by atoms with Gasteiger partial charge in [0.05, 0.1) is 33.6 Å². The molecule has 0 saturated heterocycles. The fraction of sp³-hybridized carbons (Fsp3) is 0.0909. The number of pyridine rings is 1. The summed E-state index contributed by atoms with van der Waals surface area (Å²) in [5.74, 6) is -0.970. The van der Waals surface area contributed by atoms with E-state index in [2.05, 4.69) is 10.4 Å². The zero-order chi connectivity index (χ0) is 20.5.